The minimum atomic E-state index is -0.203. The zero-order chi connectivity index (χ0) is 18.3. The van der Waals surface area contributed by atoms with E-state index in [4.69, 9.17) is 0 Å². The van der Waals surface area contributed by atoms with Crippen molar-refractivity contribution in [3.63, 3.8) is 0 Å². The van der Waals surface area contributed by atoms with Gasteiger partial charge in [-0.2, -0.15) is 0 Å². The molecular weight excluding hydrogens is 295 g/mol. The Morgan fingerprint density at radius 1 is 1.25 bits per heavy atom. The summed E-state index contributed by atoms with van der Waals surface area (Å²) in [6, 6.07) is 8.37. The molecule has 0 aliphatic carbocycles. The fourth-order valence-corrected chi connectivity index (χ4v) is 2.88. The van der Waals surface area contributed by atoms with Crippen molar-refractivity contribution in [3.05, 3.63) is 82.4 Å². The predicted molar refractivity (Wildman–Crippen MR) is 105 cm³/mol. The van der Waals surface area contributed by atoms with Crippen LogP contribution in [0, 0.1) is 12.8 Å². The van der Waals surface area contributed by atoms with E-state index in [9.17, 15) is 4.39 Å². The number of rotatable bonds is 6. The minimum absolute atomic E-state index is 0.203. The van der Waals surface area contributed by atoms with Crippen LogP contribution in [-0.2, 0) is 0 Å². The van der Waals surface area contributed by atoms with E-state index in [1.54, 1.807) is 13.0 Å². The van der Waals surface area contributed by atoms with Gasteiger partial charge in [0.15, 0.2) is 0 Å². The molecule has 1 unspecified atom stereocenters. The van der Waals surface area contributed by atoms with Crippen LogP contribution in [0.25, 0.3) is 5.57 Å². The molecule has 1 aromatic rings. The first-order valence-corrected chi connectivity index (χ1v) is 8.44. The van der Waals surface area contributed by atoms with E-state index < -0.39 is 0 Å². The fourth-order valence-electron chi connectivity index (χ4n) is 2.88. The lowest BCUT2D eigenvalue weighted by molar-refractivity contribution is 0.647. The van der Waals surface area contributed by atoms with Crippen molar-refractivity contribution in [1.82, 2.24) is 0 Å². The molecular formula is C23H29F. The second-order valence-electron chi connectivity index (χ2n) is 6.51. The maximum absolute atomic E-state index is 14.3. The lowest BCUT2D eigenvalue weighted by Gasteiger charge is -2.19. The second-order valence-corrected chi connectivity index (χ2v) is 6.51. The molecule has 0 N–H and O–H groups in total. The standard InChI is InChI=1S/C23H29F/c1-8-20(19(7)23(24)14-16(3)4)15-18(6)21(9-2)22-13-11-10-12-17(22)5/h9-14,18H,1,15H2,2-7H3/b21-9-,23-19-. The summed E-state index contributed by atoms with van der Waals surface area (Å²) in [5.41, 5.74) is 9.13. The highest BCUT2D eigenvalue weighted by Gasteiger charge is 2.16. The highest BCUT2D eigenvalue weighted by atomic mass is 19.1. The number of hydrogen-bond donors (Lipinski definition) is 0. The highest BCUT2D eigenvalue weighted by Crippen LogP contribution is 2.32. The zero-order valence-electron chi connectivity index (χ0n) is 15.8. The lowest BCUT2D eigenvalue weighted by Crippen LogP contribution is -2.03. The summed E-state index contributed by atoms with van der Waals surface area (Å²) in [5.74, 6) is 0.0565. The first kappa shape index (κ1) is 19.9. The monoisotopic (exact) mass is 324 g/mol. The van der Waals surface area contributed by atoms with E-state index in [1.807, 2.05) is 19.9 Å². The molecule has 1 rings (SSSR count). The molecule has 0 aliphatic rings. The van der Waals surface area contributed by atoms with Crippen molar-refractivity contribution < 1.29 is 4.39 Å². The van der Waals surface area contributed by atoms with E-state index in [0.29, 0.717) is 12.0 Å². The van der Waals surface area contributed by atoms with E-state index in [1.165, 1.54) is 16.7 Å². The van der Waals surface area contributed by atoms with Crippen molar-refractivity contribution >= 4 is 5.57 Å². The van der Waals surface area contributed by atoms with Gasteiger partial charge in [0.1, 0.15) is 5.83 Å². The topological polar surface area (TPSA) is 0 Å². The maximum atomic E-state index is 14.3. The molecule has 0 radical (unpaired) electrons. The first-order valence-electron chi connectivity index (χ1n) is 8.44. The van der Waals surface area contributed by atoms with E-state index in [2.05, 4.69) is 57.4 Å². The Morgan fingerprint density at radius 3 is 2.38 bits per heavy atom. The van der Waals surface area contributed by atoms with Gasteiger partial charge in [0.05, 0.1) is 0 Å². The summed E-state index contributed by atoms with van der Waals surface area (Å²) < 4.78 is 14.3. The van der Waals surface area contributed by atoms with Crippen LogP contribution in [0.3, 0.4) is 0 Å². The number of benzene rings is 1. The maximum Gasteiger partial charge on any atom is 0.126 e. The molecule has 1 aromatic carbocycles. The van der Waals surface area contributed by atoms with Gasteiger partial charge < -0.3 is 0 Å². The van der Waals surface area contributed by atoms with Crippen molar-refractivity contribution in [2.45, 2.75) is 48.0 Å². The van der Waals surface area contributed by atoms with Crippen LogP contribution in [0.2, 0.25) is 0 Å². The first-order chi connectivity index (χ1) is 11.3. The lowest BCUT2D eigenvalue weighted by atomic mass is 9.85. The number of halogens is 1. The van der Waals surface area contributed by atoms with Crippen molar-refractivity contribution in [2.75, 3.05) is 0 Å². The second kappa shape index (κ2) is 9.25. The molecule has 0 fully saturated rings. The van der Waals surface area contributed by atoms with Crippen LogP contribution in [0.5, 0.6) is 0 Å². The smallest absolute Gasteiger partial charge is 0.126 e. The van der Waals surface area contributed by atoms with Crippen LogP contribution in [0.15, 0.2) is 71.3 Å². The summed E-state index contributed by atoms with van der Waals surface area (Å²) in [6.07, 6.45) is 4.43. The van der Waals surface area contributed by atoms with Gasteiger partial charge in [-0.1, -0.05) is 49.4 Å². The molecule has 0 aromatic heterocycles. The SMILES string of the molecule is C=C=C(CC(C)/C(=C/C)c1ccccc1C)/C(C)=C(\F)C=C(C)C. The van der Waals surface area contributed by atoms with Crippen LogP contribution >= 0.6 is 0 Å². The predicted octanol–water partition coefficient (Wildman–Crippen LogP) is 7.35. The van der Waals surface area contributed by atoms with Crippen LogP contribution in [0.1, 0.15) is 52.2 Å². The largest absolute Gasteiger partial charge is 0.207 e. The molecule has 0 saturated heterocycles. The molecule has 0 saturated carbocycles. The van der Waals surface area contributed by atoms with Crippen molar-refractivity contribution in [3.8, 4) is 0 Å². The van der Waals surface area contributed by atoms with Gasteiger partial charge in [0.25, 0.3) is 0 Å². The summed E-state index contributed by atoms with van der Waals surface area (Å²) in [6.45, 7) is 15.7. The molecule has 0 heterocycles. The van der Waals surface area contributed by atoms with Crippen LogP contribution < -0.4 is 0 Å². The van der Waals surface area contributed by atoms with Gasteiger partial charge >= 0.3 is 0 Å². The van der Waals surface area contributed by atoms with E-state index in [0.717, 1.165) is 11.1 Å². The average molecular weight is 324 g/mol. The highest BCUT2D eigenvalue weighted by molar-refractivity contribution is 5.69. The molecule has 0 spiro atoms. The average Bonchev–Trinajstić information content (AvgIpc) is 2.53. The molecule has 1 atom stereocenters. The number of hydrogen-bond acceptors (Lipinski definition) is 0. The Hall–Kier alpha value is -2.11. The molecule has 0 nitrogen and oxygen atoms in total. The Labute approximate surface area is 146 Å². The quantitative estimate of drug-likeness (QED) is 0.379. The Kier molecular flexibility index (Phi) is 7.68. The molecule has 1 heteroatoms. The Balaban J connectivity index is 3.12. The van der Waals surface area contributed by atoms with Gasteiger partial charge in [-0.25, -0.2) is 4.39 Å². The van der Waals surface area contributed by atoms with Gasteiger partial charge in [-0.15, -0.1) is 5.73 Å². The third kappa shape index (κ3) is 5.22. The summed E-state index contributed by atoms with van der Waals surface area (Å²) in [5, 5.41) is 0. The van der Waals surface area contributed by atoms with Gasteiger partial charge in [-0.05, 0) is 80.9 Å². The summed E-state index contributed by atoms with van der Waals surface area (Å²) >= 11 is 0. The Bertz CT molecular complexity index is 718. The summed E-state index contributed by atoms with van der Waals surface area (Å²) in [7, 11) is 0. The summed E-state index contributed by atoms with van der Waals surface area (Å²) in [4.78, 5) is 0. The van der Waals surface area contributed by atoms with Crippen LogP contribution in [0.4, 0.5) is 4.39 Å². The third-order valence-corrected chi connectivity index (χ3v) is 4.25. The third-order valence-electron chi connectivity index (χ3n) is 4.25. The van der Waals surface area contributed by atoms with E-state index in [-0.39, 0.29) is 11.7 Å². The van der Waals surface area contributed by atoms with E-state index >= 15 is 0 Å². The van der Waals surface area contributed by atoms with Gasteiger partial charge in [-0.3, -0.25) is 0 Å². The number of allylic oxidation sites excluding steroid dienone is 7. The molecule has 0 amide bonds. The number of aryl methyl sites for hydroxylation is 1. The van der Waals surface area contributed by atoms with Crippen LogP contribution in [-0.4, -0.2) is 0 Å². The van der Waals surface area contributed by atoms with Crippen molar-refractivity contribution in [2.24, 2.45) is 5.92 Å². The molecule has 24 heavy (non-hydrogen) atoms. The minimum Gasteiger partial charge on any atom is -0.207 e. The molecule has 0 aliphatic heterocycles. The normalized spacial score (nSPS) is 13.7. The van der Waals surface area contributed by atoms with Crippen molar-refractivity contribution in [1.29, 1.82) is 0 Å². The Morgan fingerprint density at radius 2 is 1.88 bits per heavy atom. The van der Waals surface area contributed by atoms with Gasteiger partial charge in [0.2, 0.25) is 0 Å². The van der Waals surface area contributed by atoms with Gasteiger partial charge in [0, 0.05) is 0 Å². The zero-order valence-corrected chi connectivity index (χ0v) is 15.8. The molecule has 128 valence electrons. The fraction of sp³-hybridized carbons (Fsp3) is 0.348. The molecule has 0 bridgehead atoms.